The van der Waals surface area contributed by atoms with Crippen molar-refractivity contribution < 1.29 is 27.9 Å². The Morgan fingerprint density at radius 1 is 0.966 bits per heavy atom. The van der Waals surface area contributed by atoms with Crippen LogP contribution in [0.15, 0.2) is 48.5 Å². The topological polar surface area (TPSA) is 90.9 Å². The minimum atomic E-state index is -3.19. The molecule has 0 radical (unpaired) electrons. The Morgan fingerprint density at radius 3 is 2.03 bits per heavy atom. The molecular weight excluding hydrogens is 508 g/mol. The highest BCUT2D eigenvalue weighted by molar-refractivity contribution is 14.1. The Labute approximate surface area is 183 Å². The highest BCUT2D eigenvalue weighted by atomic mass is 127. The maximum Gasteiger partial charge on any atom is 0.334 e. The molecule has 0 saturated carbocycles. The summed E-state index contributed by atoms with van der Waals surface area (Å²) in [5.41, 5.74) is 1.98. The van der Waals surface area contributed by atoms with Crippen LogP contribution in [0.2, 0.25) is 0 Å². The Hall–Kier alpha value is -1.74. The van der Waals surface area contributed by atoms with E-state index in [1.165, 1.54) is 21.3 Å². The number of hydrogen-bond donors (Lipinski definition) is 1. The lowest BCUT2D eigenvalue weighted by molar-refractivity contribution is -0.142. The smallest absolute Gasteiger partial charge is 0.334 e. The molecule has 2 aromatic carbocycles. The van der Waals surface area contributed by atoms with Gasteiger partial charge in [0, 0.05) is 29.8 Å². The maximum absolute atomic E-state index is 12.6. The average Bonchev–Trinajstić information content (AvgIpc) is 2.74. The van der Waals surface area contributed by atoms with Gasteiger partial charge in [-0.3, -0.25) is 9.36 Å². The number of ether oxygens (including phenoxy) is 1. The number of hydrogen-bond acceptors (Lipinski definition) is 6. The molecule has 0 spiro atoms. The van der Waals surface area contributed by atoms with Gasteiger partial charge in [-0.15, -0.1) is 0 Å². The second kappa shape index (κ2) is 10.9. The van der Waals surface area contributed by atoms with E-state index in [0.717, 1.165) is 9.13 Å². The molecule has 0 heterocycles. The maximum atomic E-state index is 12.6. The Balaban J connectivity index is 2.09. The summed E-state index contributed by atoms with van der Waals surface area (Å²) in [5.74, 6) is -0.922. The van der Waals surface area contributed by atoms with Crippen LogP contribution in [0.4, 0.5) is 0 Å². The minimum absolute atomic E-state index is 0.0967. The SMILES string of the molecule is COC(=O)[C@H](Cc1ccc(I)cc1)NC(=O)c1ccc(CP(=O)(OC)OC)cc1. The van der Waals surface area contributed by atoms with Crippen molar-refractivity contribution in [2.45, 2.75) is 18.6 Å². The highest BCUT2D eigenvalue weighted by Gasteiger charge is 2.24. The van der Waals surface area contributed by atoms with Crippen molar-refractivity contribution in [1.29, 1.82) is 0 Å². The number of carbonyl (C=O) groups is 2. The predicted molar refractivity (Wildman–Crippen MR) is 118 cm³/mol. The molecule has 0 aliphatic rings. The molecule has 2 aromatic rings. The molecule has 9 heteroatoms. The fourth-order valence-corrected chi connectivity index (χ4v) is 4.05. The van der Waals surface area contributed by atoms with Crippen molar-refractivity contribution in [3.63, 3.8) is 0 Å². The highest BCUT2D eigenvalue weighted by Crippen LogP contribution is 2.49. The molecule has 1 atom stereocenters. The van der Waals surface area contributed by atoms with Gasteiger partial charge in [0.25, 0.3) is 5.91 Å². The Morgan fingerprint density at radius 2 is 1.52 bits per heavy atom. The predicted octanol–water partition coefficient (Wildman–Crippen LogP) is 3.79. The van der Waals surface area contributed by atoms with E-state index in [2.05, 4.69) is 27.9 Å². The molecule has 7 nitrogen and oxygen atoms in total. The number of amides is 1. The quantitative estimate of drug-likeness (QED) is 0.301. The molecular formula is C20H23INO6P. The fourth-order valence-electron chi connectivity index (χ4n) is 2.62. The summed E-state index contributed by atoms with van der Waals surface area (Å²) in [6, 6.07) is 13.4. The zero-order valence-corrected chi connectivity index (χ0v) is 19.4. The van der Waals surface area contributed by atoms with E-state index in [4.69, 9.17) is 13.8 Å². The van der Waals surface area contributed by atoms with Crippen molar-refractivity contribution in [2.75, 3.05) is 21.3 Å². The van der Waals surface area contributed by atoms with Crippen LogP contribution in [0.5, 0.6) is 0 Å². The molecule has 0 aromatic heterocycles. The first-order chi connectivity index (χ1) is 13.8. The monoisotopic (exact) mass is 531 g/mol. The van der Waals surface area contributed by atoms with Crippen molar-refractivity contribution in [2.24, 2.45) is 0 Å². The molecule has 1 N–H and O–H groups in total. The molecule has 0 fully saturated rings. The van der Waals surface area contributed by atoms with E-state index >= 15 is 0 Å². The van der Waals surface area contributed by atoms with E-state index in [0.29, 0.717) is 17.5 Å². The lowest BCUT2D eigenvalue weighted by atomic mass is 10.1. The molecule has 1 amide bonds. The third-order valence-electron chi connectivity index (χ3n) is 4.29. The van der Waals surface area contributed by atoms with E-state index < -0.39 is 25.5 Å². The van der Waals surface area contributed by atoms with Crippen LogP contribution in [0.1, 0.15) is 21.5 Å². The lowest BCUT2D eigenvalue weighted by Gasteiger charge is -2.17. The van der Waals surface area contributed by atoms with Crippen molar-refractivity contribution in [3.8, 4) is 0 Å². The number of benzene rings is 2. The molecule has 0 aliphatic heterocycles. The molecule has 0 bridgehead atoms. The number of carbonyl (C=O) groups excluding carboxylic acids is 2. The van der Waals surface area contributed by atoms with E-state index in [9.17, 15) is 14.2 Å². The minimum Gasteiger partial charge on any atom is -0.467 e. The van der Waals surface area contributed by atoms with Gasteiger partial charge in [0.05, 0.1) is 13.3 Å². The fraction of sp³-hybridized carbons (Fsp3) is 0.300. The van der Waals surface area contributed by atoms with Gasteiger partial charge in [0.15, 0.2) is 0 Å². The first kappa shape index (κ1) is 23.5. The van der Waals surface area contributed by atoms with Crippen molar-refractivity contribution >= 4 is 42.1 Å². The lowest BCUT2D eigenvalue weighted by Crippen LogP contribution is -2.43. The van der Waals surface area contributed by atoms with Crippen LogP contribution in [-0.2, 0) is 35.7 Å². The van der Waals surface area contributed by atoms with Gasteiger partial charge >= 0.3 is 13.6 Å². The zero-order valence-electron chi connectivity index (χ0n) is 16.4. The Bertz CT molecular complexity index is 877. The standard InChI is InChI=1S/C20H23INO6P/c1-26-20(24)18(12-14-6-10-17(21)11-7-14)22-19(23)16-8-4-15(5-9-16)13-29(25,27-2)28-3/h4-11,18H,12-13H2,1-3H3,(H,22,23)/t18-/m0/s1. The van der Waals surface area contributed by atoms with Crippen LogP contribution in [-0.4, -0.2) is 39.2 Å². The summed E-state index contributed by atoms with van der Waals surface area (Å²) in [4.78, 5) is 24.7. The zero-order chi connectivity index (χ0) is 21.4. The van der Waals surface area contributed by atoms with Gasteiger partial charge in [-0.25, -0.2) is 4.79 Å². The van der Waals surface area contributed by atoms with Gasteiger partial charge in [-0.05, 0) is 58.0 Å². The second-order valence-electron chi connectivity index (χ2n) is 6.21. The number of nitrogens with one attached hydrogen (secondary N) is 1. The summed E-state index contributed by atoms with van der Waals surface area (Å²) in [5, 5.41) is 2.72. The van der Waals surface area contributed by atoms with Crippen LogP contribution >= 0.6 is 30.2 Å². The third kappa shape index (κ3) is 6.92. The number of halogens is 1. The average molecular weight is 531 g/mol. The molecule has 29 heavy (non-hydrogen) atoms. The van der Waals surface area contributed by atoms with E-state index in [1.54, 1.807) is 24.3 Å². The molecule has 0 unspecified atom stereocenters. The van der Waals surface area contributed by atoms with Crippen LogP contribution < -0.4 is 5.32 Å². The van der Waals surface area contributed by atoms with Crippen LogP contribution in [0, 0.1) is 3.57 Å². The summed E-state index contributed by atoms with van der Waals surface area (Å²) in [6.07, 6.45) is 0.414. The largest absolute Gasteiger partial charge is 0.467 e. The summed E-state index contributed by atoms with van der Waals surface area (Å²) in [7, 11) is 0.751. The normalized spacial score (nSPS) is 12.3. The van der Waals surface area contributed by atoms with Crippen molar-refractivity contribution in [1.82, 2.24) is 5.32 Å². The number of rotatable bonds is 9. The van der Waals surface area contributed by atoms with Gasteiger partial charge in [-0.2, -0.15) is 0 Å². The summed E-state index contributed by atoms with van der Waals surface area (Å²) < 4.78 is 28.0. The van der Waals surface area contributed by atoms with Gasteiger partial charge in [0.1, 0.15) is 6.04 Å². The van der Waals surface area contributed by atoms with E-state index in [-0.39, 0.29) is 6.16 Å². The third-order valence-corrected chi connectivity index (χ3v) is 6.88. The van der Waals surface area contributed by atoms with Gasteiger partial charge in [0.2, 0.25) is 0 Å². The number of esters is 1. The van der Waals surface area contributed by atoms with Crippen LogP contribution in [0.3, 0.4) is 0 Å². The van der Waals surface area contributed by atoms with Gasteiger partial charge < -0.3 is 19.1 Å². The molecule has 0 aliphatic carbocycles. The van der Waals surface area contributed by atoms with Crippen molar-refractivity contribution in [3.05, 3.63) is 68.8 Å². The summed E-state index contributed by atoms with van der Waals surface area (Å²) in [6.45, 7) is 0. The summed E-state index contributed by atoms with van der Waals surface area (Å²) >= 11 is 2.20. The molecule has 2 rings (SSSR count). The van der Waals surface area contributed by atoms with Crippen LogP contribution in [0.25, 0.3) is 0 Å². The van der Waals surface area contributed by atoms with Gasteiger partial charge in [-0.1, -0.05) is 24.3 Å². The molecule has 156 valence electrons. The first-order valence-electron chi connectivity index (χ1n) is 8.73. The molecule has 0 saturated heterocycles. The second-order valence-corrected chi connectivity index (χ2v) is 9.72. The Kier molecular flexibility index (Phi) is 8.82. The first-order valence-corrected chi connectivity index (χ1v) is 11.5. The number of methoxy groups -OCH3 is 1. The van der Waals surface area contributed by atoms with E-state index in [1.807, 2.05) is 24.3 Å².